The Kier molecular flexibility index (Phi) is 5.69. The average Bonchev–Trinajstić information content (AvgIpc) is 3.33. The molecule has 1 amide bonds. The minimum absolute atomic E-state index is 0.00601. The Balaban J connectivity index is 1.40. The Hall–Kier alpha value is -3.87. The highest BCUT2D eigenvalue weighted by atomic mass is 16.5. The maximum atomic E-state index is 13.5. The first kappa shape index (κ1) is 21.0. The number of benzene rings is 1. The van der Waals surface area contributed by atoms with Crippen LogP contribution in [0, 0.1) is 6.92 Å². The molecular formula is C26H26N4O3. The fourth-order valence-electron chi connectivity index (χ4n) is 4.43. The highest BCUT2D eigenvalue weighted by Gasteiger charge is 2.33. The molecule has 2 aliphatic rings. The molecule has 0 bridgehead atoms. The summed E-state index contributed by atoms with van der Waals surface area (Å²) >= 11 is 0. The molecule has 0 aliphatic carbocycles. The Morgan fingerprint density at radius 1 is 1.21 bits per heavy atom. The van der Waals surface area contributed by atoms with Crippen molar-refractivity contribution in [2.75, 3.05) is 25.6 Å². The van der Waals surface area contributed by atoms with E-state index in [-0.39, 0.29) is 18.6 Å². The minimum atomic E-state index is -0.0747. The molecule has 1 atom stereocenters. The summed E-state index contributed by atoms with van der Waals surface area (Å²) in [5, 5.41) is 3.34. The number of likely N-dealkylation sites (tertiary alicyclic amines) is 1. The Morgan fingerprint density at radius 2 is 2.12 bits per heavy atom. The molecule has 1 aromatic carbocycles. The largest absolute Gasteiger partial charge is 0.497 e. The van der Waals surface area contributed by atoms with Crippen LogP contribution in [0.15, 0.2) is 60.3 Å². The number of pyridine rings is 2. The van der Waals surface area contributed by atoms with E-state index in [9.17, 15) is 4.79 Å². The normalized spacial score (nSPS) is 17.1. The number of amides is 1. The molecule has 7 heteroatoms. The zero-order valence-electron chi connectivity index (χ0n) is 18.7. The second kappa shape index (κ2) is 8.94. The van der Waals surface area contributed by atoms with Gasteiger partial charge in [-0.3, -0.25) is 9.78 Å². The molecule has 168 valence electrons. The van der Waals surface area contributed by atoms with Gasteiger partial charge in [-0.1, -0.05) is 6.07 Å². The lowest BCUT2D eigenvalue weighted by Crippen LogP contribution is -2.34. The molecule has 1 N–H and O–H groups in total. The first-order chi connectivity index (χ1) is 16.1. The van der Waals surface area contributed by atoms with Crippen LogP contribution in [0.4, 0.5) is 11.5 Å². The molecule has 7 nitrogen and oxygen atoms in total. The molecule has 1 saturated heterocycles. The van der Waals surface area contributed by atoms with Crippen LogP contribution in [-0.2, 0) is 4.79 Å². The number of anilines is 2. The van der Waals surface area contributed by atoms with Gasteiger partial charge in [-0.15, -0.1) is 0 Å². The zero-order chi connectivity index (χ0) is 22.8. The predicted molar refractivity (Wildman–Crippen MR) is 127 cm³/mol. The number of aromatic nitrogens is 2. The Bertz CT molecular complexity index is 1210. The molecule has 5 rings (SSSR count). The number of carbonyl (C=O) groups is 1. The van der Waals surface area contributed by atoms with Crippen LogP contribution in [0.2, 0.25) is 0 Å². The van der Waals surface area contributed by atoms with Crippen molar-refractivity contribution < 1.29 is 14.3 Å². The summed E-state index contributed by atoms with van der Waals surface area (Å²) in [5.74, 6) is 2.26. The molecule has 4 heterocycles. The predicted octanol–water partition coefficient (Wildman–Crippen LogP) is 4.68. The van der Waals surface area contributed by atoms with E-state index in [1.165, 1.54) is 0 Å². The van der Waals surface area contributed by atoms with Crippen molar-refractivity contribution in [2.45, 2.75) is 25.8 Å². The standard InChI is InChI=1S/C26H26N4O3/c1-17-12-20(29-25-7-3-4-10-27-25)15-22(28-17)23-6-5-11-30(23)26(31)19-13-18-14-21(32-2)8-9-24(18)33-16-19/h3-4,7-10,12-15,23H,5-6,11,16H2,1-2H3,(H,27,28,29)/t23-/m0/s1. The summed E-state index contributed by atoms with van der Waals surface area (Å²) in [4.78, 5) is 24.5. The van der Waals surface area contributed by atoms with Crippen molar-refractivity contribution >= 4 is 23.5 Å². The number of aryl methyl sites for hydroxylation is 1. The van der Waals surface area contributed by atoms with Gasteiger partial charge in [0.1, 0.15) is 23.9 Å². The van der Waals surface area contributed by atoms with E-state index >= 15 is 0 Å². The van der Waals surface area contributed by atoms with Gasteiger partial charge in [-0.25, -0.2) is 4.98 Å². The molecule has 1 fully saturated rings. The van der Waals surface area contributed by atoms with Crippen molar-refractivity contribution in [1.82, 2.24) is 14.9 Å². The number of methoxy groups -OCH3 is 1. The van der Waals surface area contributed by atoms with Crippen molar-refractivity contribution in [2.24, 2.45) is 0 Å². The number of fused-ring (bicyclic) bond motifs is 1. The molecule has 0 radical (unpaired) electrons. The van der Waals surface area contributed by atoms with Crippen LogP contribution in [0.5, 0.6) is 11.5 Å². The van der Waals surface area contributed by atoms with Gasteiger partial charge in [0.25, 0.3) is 5.91 Å². The molecule has 0 saturated carbocycles. The molecule has 3 aromatic rings. The van der Waals surface area contributed by atoms with E-state index in [0.29, 0.717) is 12.1 Å². The molecule has 0 unspecified atom stereocenters. The maximum absolute atomic E-state index is 13.5. The molecule has 33 heavy (non-hydrogen) atoms. The van der Waals surface area contributed by atoms with Gasteiger partial charge in [0.2, 0.25) is 0 Å². The number of rotatable bonds is 5. The lowest BCUT2D eigenvalue weighted by molar-refractivity contribution is -0.128. The molecular weight excluding hydrogens is 416 g/mol. The van der Waals surface area contributed by atoms with Gasteiger partial charge in [0.05, 0.1) is 24.4 Å². The van der Waals surface area contributed by atoms with Crippen molar-refractivity contribution in [3.05, 3.63) is 77.3 Å². The smallest absolute Gasteiger partial charge is 0.253 e. The topological polar surface area (TPSA) is 76.6 Å². The summed E-state index contributed by atoms with van der Waals surface area (Å²) in [6, 6.07) is 15.3. The summed E-state index contributed by atoms with van der Waals surface area (Å²) in [5.41, 5.74) is 4.19. The SMILES string of the molecule is COc1ccc2c(c1)C=C(C(=O)N1CCC[C@H]1c1cc(Nc3ccccn3)cc(C)n1)CO2. The van der Waals surface area contributed by atoms with Gasteiger partial charge in [0, 0.05) is 29.7 Å². The van der Waals surface area contributed by atoms with E-state index in [1.54, 1.807) is 13.3 Å². The minimum Gasteiger partial charge on any atom is -0.497 e. The molecule has 2 aliphatic heterocycles. The third kappa shape index (κ3) is 4.39. The van der Waals surface area contributed by atoms with E-state index in [1.807, 2.05) is 66.4 Å². The lowest BCUT2D eigenvalue weighted by atomic mass is 10.0. The second-order valence-electron chi connectivity index (χ2n) is 8.28. The molecule has 2 aromatic heterocycles. The monoisotopic (exact) mass is 442 g/mol. The number of ether oxygens (including phenoxy) is 2. The van der Waals surface area contributed by atoms with E-state index < -0.39 is 0 Å². The third-order valence-corrected chi connectivity index (χ3v) is 5.97. The van der Waals surface area contributed by atoms with E-state index in [0.717, 1.165) is 52.8 Å². The summed E-state index contributed by atoms with van der Waals surface area (Å²) in [6.07, 6.45) is 5.48. The van der Waals surface area contributed by atoms with Gasteiger partial charge >= 0.3 is 0 Å². The van der Waals surface area contributed by atoms with Crippen LogP contribution in [-0.4, -0.2) is 41.0 Å². The van der Waals surface area contributed by atoms with E-state index in [2.05, 4.69) is 10.3 Å². The zero-order valence-corrected chi connectivity index (χ0v) is 18.7. The van der Waals surface area contributed by atoms with Crippen LogP contribution in [0.3, 0.4) is 0 Å². The van der Waals surface area contributed by atoms with Gasteiger partial charge in [-0.2, -0.15) is 0 Å². The third-order valence-electron chi connectivity index (χ3n) is 5.97. The Labute approximate surface area is 193 Å². The number of hydrogen-bond acceptors (Lipinski definition) is 6. The molecule has 0 spiro atoms. The quantitative estimate of drug-likeness (QED) is 0.619. The number of nitrogens with one attached hydrogen (secondary N) is 1. The van der Waals surface area contributed by atoms with Crippen molar-refractivity contribution in [1.29, 1.82) is 0 Å². The number of hydrogen-bond donors (Lipinski definition) is 1. The lowest BCUT2D eigenvalue weighted by Gasteiger charge is -2.27. The van der Waals surface area contributed by atoms with Crippen molar-refractivity contribution in [3.8, 4) is 11.5 Å². The fourth-order valence-corrected chi connectivity index (χ4v) is 4.43. The van der Waals surface area contributed by atoms with E-state index in [4.69, 9.17) is 14.5 Å². The maximum Gasteiger partial charge on any atom is 0.253 e. The van der Waals surface area contributed by atoms with Crippen molar-refractivity contribution in [3.63, 3.8) is 0 Å². The van der Waals surface area contributed by atoms with Gasteiger partial charge in [0.15, 0.2) is 0 Å². The van der Waals surface area contributed by atoms with Crippen LogP contribution in [0.25, 0.3) is 6.08 Å². The number of nitrogens with zero attached hydrogens (tertiary/aromatic N) is 3. The highest BCUT2D eigenvalue weighted by Crippen LogP contribution is 2.36. The number of carbonyl (C=O) groups excluding carboxylic acids is 1. The first-order valence-electron chi connectivity index (χ1n) is 11.1. The van der Waals surface area contributed by atoms with Gasteiger partial charge < -0.3 is 19.7 Å². The second-order valence-corrected chi connectivity index (χ2v) is 8.28. The van der Waals surface area contributed by atoms with Gasteiger partial charge in [-0.05, 0) is 68.3 Å². The average molecular weight is 443 g/mol. The highest BCUT2D eigenvalue weighted by molar-refractivity contribution is 5.99. The summed E-state index contributed by atoms with van der Waals surface area (Å²) < 4.78 is 11.2. The first-order valence-corrected chi connectivity index (χ1v) is 11.1. The van der Waals surface area contributed by atoms with Crippen LogP contribution < -0.4 is 14.8 Å². The van der Waals surface area contributed by atoms with Crippen LogP contribution in [0.1, 0.15) is 35.8 Å². The Morgan fingerprint density at radius 3 is 2.94 bits per heavy atom. The summed E-state index contributed by atoms with van der Waals surface area (Å²) in [7, 11) is 1.63. The fraction of sp³-hybridized carbons (Fsp3) is 0.269. The van der Waals surface area contributed by atoms with Crippen LogP contribution >= 0.6 is 0 Å². The summed E-state index contributed by atoms with van der Waals surface area (Å²) in [6.45, 7) is 2.93.